The van der Waals surface area contributed by atoms with E-state index in [2.05, 4.69) is 17.4 Å². The first-order valence-corrected chi connectivity index (χ1v) is 9.95. The molecule has 3 N–H and O–H groups in total. The summed E-state index contributed by atoms with van der Waals surface area (Å²) in [4.78, 5) is 15.2. The number of carbonyl (C=O) groups excluding carboxylic acids is 1. The van der Waals surface area contributed by atoms with E-state index in [9.17, 15) is 4.79 Å². The van der Waals surface area contributed by atoms with E-state index in [1.54, 1.807) is 6.07 Å². The SMILES string of the molecule is CCOc1ccccc1C[NH+]1CC[NH+](CC(=O)Nc2ccccc2Cl)CC1. The summed E-state index contributed by atoms with van der Waals surface area (Å²) >= 11 is 6.11. The number of hydrogen-bond acceptors (Lipinski definition) is 2. The van der Waals surface area contributed by atoms with Crippen molar-refractivity contribution in [2.75, 3.05) is 44.6 Å². The van der Waals surface area contributed by atoms with E-state index in [0.29, 0.717) is 23.9 Å². The van der Waals surface area contributed by atoms with Gasteiger partial charge in [0.25, 0.3) is 5.91 Å². The average Bonchev–Trinajstić information content (AvgIpc) is 2.67. The van der Waals surface area contributed by atoms with Crippen LogP contribution in [0.5, 0.6) is 5.75 Å². The van der Waals surface area contributed by atoms with Crippen LogP contribution < -0.4 is 19.9 Å². The molecule has 3 rings (SSSR count). The molecule has 1 heterocycles. The molecule has 5 nitrogen and oxygen atoms in total. The maximum Gasteiger partial charge on any atom is 0.279 e. The Bertz CT molecular complexity index is 761. The van der Waals surface area contributed by atoms with Crippen LogP contribution in [0, 0.1) is 0 Å². The molecular formula is C21H28ClN3O2+2. The fourth-order valence-electron chi connectivity index (χ4n) is 3.51. The van der Waals surface area contributed by atoms with Crippen LogP contribution >= 0.6 is 11.6 Å². The van der Waals surface area contributed by atoms with Crippen LogP contribution in [-0.4, -0.2) is 45.2 Å². The van der Waals surface area contributed by atoms with Gasteiger partial charge in [0.2, 0.25) is 0 Å². The Morgan fingerprint density at radius 2 is 1.70 bits per heavy atom. The highest BCUT2D eigenvalue weighted by atomic mass is 35.5. The van der Waals surface area contributed by atoms with E-state index in [0.717, 1.165) is 38.5 Å². The minimum atomic E-state index is 0.0169. The smallest absolute Gasteiger partial charge is 0.279 e. The van der Waals surface area contributed by atoms with Crippen molar-refractivity contribution in [3.8, 4) is 5.75 Å². The van der Waals surface area contributed by atoms with Crippen LogP contribution in [0.15, 0.2) is 48.5 Å². The second-order valence-corrected chi connectivity index (χ2v) is 7.33. The second kappa shape index (κ2) is 9.74. The summed E-state index contributed by atoms with van der Waals surface area (Å²) in [7, 11) is 0. The molecule has 144 valence electrons. The molecule has 0 radical (unpaired) electrons. The van der Waals surface area contributed by atoms with Gasteiger partial charge < -0.3 is 19.9 Å². The lowest BCUT2D eigenvalue weighted by Crippen LogP contribution is -3.28. The molecule has 1 aliphatic heterocycles. The van der Waals surface area contributed by atoms with Crippen LogP contribution in [-0.2, 0) is 11.3 Å². The van der Waals surface area contributed by atoms with Crippen LogP contribution in [0.3, 0.4) is 0 Å². The molecule has 0 aromatic heterocycles. The van der Waals surface area contributed by atoms with Crippen LogP contribution in [0.25, 0.3) is 0 Å². The minimum Gasteiger partial charge on any atom is -0.493 e. The third-order valence-corrected chi connectivity index (χ3v) is 5.27. The van der Waals surface area contributed by atoms with Gasteiger partial charge in [0, 0.05) is 5.56 Å². The molecule has 0 unspecified atom stereocenters. The fourth-order valence-corrected chi connectivity index (χ4v) is 3.69. The lowest BCUT2D eigenvalue weighted by molar-refractivity contribution is -1.02. The van der Waals surface area contributed by atoms with E-state index in [4.69, 9.17) is 16.3 Å². The topological polar surface area (TPSA) is 47.2 Å². The van der Waals surface area contributed by atoms with Crippen molar-refractivity contribution in [3.63, 3.8) is 0 Å². The van der Waals surface area contributed by atoms with Crippen molar-refractivity contribution >= 4 is 23.2 Å². The monoisotopic (exact) mass is 389 g/mol. The fraction of sp³-hybridized carbons (Fsp3) is 0.381. The number of quaternary nitrogens is 2. The van der Waals surface area contributed by atoms with E-state index in [1.165, 1.54) is 15.4 Å². The molecule has 1 saturated heterocycles. The minimum absolute atomic E-state index is 0.0169. The molecule has 1 amide bonds. The quantitative estimate of drug-likeness (QED) is 0.651. The molecule has 0 aliphatic carbocycles. The number of amides is 1. The highest BCUT2D eigenvalue weighted by Crippen LogP contribution is 2.20. The van der Waals surface area contributed by atoms with Crippen molar-refractivity contribution in [1.82, 2.24) is 0 Å². The summed E-state index contributed by atoms with van der Waals surface area (Å²) in [6, 6.07) is 15.6. The number of carbonyl (C=O) groups is 1. The highest BCUT2D eigenvalue weighted by molar-refractivity contribution is 6.33. The molecule has 0 atom stereocenters. The summed E-state index contributed by atoms with van der Waals surface area (Å²) in [5, 5.41) is 3.49. The van der Waals surface area contributed by atoms with Gasteiger partial charge in [-0.25, -0.2) is 0 Å². The first kappa shape index (κ1) is 19.7. The molecule has 0 bridgehead atoms. The van der Waals surface area contributed by atoms with Gasteiger partial charge in [-0.2, -0.15) is 0 Å². The third-order valence-electron chi connectivity index (χ3n) is 4.94. The van der Waals surface area contributed by atoms with Gasteiger partial charge in [0.15, 0.2) is 6.54 Å². The first-order valence-electron chi connectivity index (χ1n) is 9.58. The molecule has 6 heteroatoms. The van der Waals surface area contributed by atoms with Crippen LogP contribution in [0.1, 0.15) is 12.5 Å². The number of benzene rings is 2. The van der Waals surface area contributed by atoms with Gasteiger partial charge in [0.1, 0.15) is 38.5 Å². The number of halogens is 1. The molecule has 27 heavy (non-hydrogen) atoms. The Morgan fingerprint density at radius 3 is 2.44 bits per heavy atom. The van der Waals surface area contributed by atoms with Crippen molar-refractivity contribution in [1.29, 1.82) is 0 Å². The van der Waals surface area contributed by atoms with Crippen molar-refractivity contribution in [2.45, 2.75) is 13.5 Å². The molecule has 0 saturated carbocycles. The Kier molecular flexibility index (Phi) is 7.10. The summed E-state index contributed by atoms with van der Waals surface area (Å²) in [5.41, 5.74) is 1.94. The zero-order chi connectivity index (χ0) is 19.1. The Morgan fingerprint density at radius 1 is 1.04 bits per heavy atom. The molecule has 1 aliphatic rings. The largest absolute Gasteiger partial charge is 0.493 e. The van der Waals surface area contributed by atoms with Gasteiger partial charge in [-0.05, 0) is 31.2 Å². The Balaban J connectivity index is 1.46. The van der Waals surface area contributed by atoms with Crippen molar-refractivity contribution in [2.24, 2.45) is 0 Å². The lowest BCUT2D eigenvalue weighted by Gasteiger charge is -2.29. The van der Waals surface area contributed by atoms with E-state index in [1.807, 2.05) is 37.3 Å². The number of nitrogens with one attached hydrogen (secondary N) is 3. The van der Waals surface area contributed by atoms with Crippen LogP contribution in [0.4, 0.5) is 5.69 Å². The predicted octanol–water partition coefficient (Wildman–Crippen LogP) is 0.661. The Labute approximate surface area is 165 Å². The standard InChI is InChI=1S/C21H26ClN3O2/c1-2-27-20-10-6-3-7-17(20)15-24-11-13-25(14-12-24)16-21(26)23-19-9-5-4-8-18(19)22/h3-10H,2,11-16H2,1H3,(H,23,26)/p+2. The predicted molar refractivity (Wildman–Crippen MR) is 108 cm³/mol. The van der Waals surface area contributed by atoms with Gasteiger partial charge in [-0.3, -0.25) is 4.79 Å². The normalized spacial score (nSPS) is 19.5. The summed E-state index contributed by atoms with van der Waals surface area (Å²) in [6.07, 6.45) is 0. The van der Waals surface area contributed by atoms with Crippen LogP contribution in [0.2, 0.25) is 5.02 Å². The zero-order valence-electron chi connectivity index (χ0n) is 15.8. The Hall–Kier alpha value is -2.08. The number of rotatable bonds is 7. The zero-order valence-corrected chi connectivity index (χ0v) is 16.5. The van der Waals surface area contributed by atoms with Crippen molar-refractivity contribution < 1.29 is 19.3 Å². The molecule has 2 aromatic carbocycles. The summed E-state index contributed by atoms with van der Waals surface area (Å²) < 4.78 is 5.74. The summed E-state index contributed by atoms with van der Waals surface area (Å²) in [5.74, 6) is 1.00. The second-order valence-electron chi connectivity index (χ2n) is 6.92. The summed E-state index contributed by atoms with van der Waals surface area (Å²) in [6.45, 7) is 8.22. The van der Waals surface area contributed by atoms with Gasteiger partial charge in [-0.1, -0.05) is 35.9 Å². The van der Waals surface area contributed by atoms with E-state index in [-0.39, 0.29) is 5.91 Å². The lowest BCUT2D eigenvalue weighted by atomic mass is 10.1. The molecule has 2 aromatic rings. The van der Waals surface area contributed by atoms with E-state index >= 15 is 0 Å². The number of piperazine rings is 1. The molecule has 0 spiro atoms. The molecule has 1 fully saturated rings. The molecular weight excluding hydrogens is 362 g/mol. The van der Waals surface area contributed by atoms with Gasteiger partial charge >= 0.3 is 0 Å². The van der Waals surface area contributed by atoms with Gasteiger partial charge in [-0.15, -0.1) is 0 Å². The maximum atomic E-state index is 12.3. The number of hydrogen-bond donors (Lipinski definition) is 3. The highest BCUT2D eigenvalue weighted by Gasteiger charge is 2.25. The van der Waals surface area contributed by atoms with E-state index < -0.39 is 0 Å². The average molecular weight is 390 g/mol. The third kappa shape index (κ3) is 5.70. The number of anilines is 1. The van der Waals surface area contributed by atoms with Crippen molar-refractivity contribution in [3.05, 3.63) is 59.1 Å². The maximum absolute atomic E-state index is 12.3. The number of para-hydroxylation sites is 2. The number of ether oxygens (including phenoxy) is 1. The van der Waals surface area contributed by atoms with Gasteiger partial charge in [0.05, 0.1) is 17.3 Å². The first-order chi connectivity index (χ1) is 13.2.